The third-order valence-electron chi connectivity index (χ3n) is 0.451. The first-order chi connectivity index (χ1) is 3.81. The van der Waals surface area contributed by atoms with Crippen molar-refractivity contribution in [1.29, 1.82) is 0 Å². The molecule has 0 aromatic heterocycles. The van der Waals surface area contributed by atoms with Crippen molar-refractivity contribution in [2.24, 2.45) is 0 Å². The highest BCUT2D eigenvalue weighted by molar-refractivity contribution is 7.85. The van der Waals surface area contributed by atoms with Crippen molar-refractivity contribution in [3.8, 4) is 0 Å². The van der Waals surface area contributed by atoms with Crippen LogP contribution in [0.2, 0.25) is 0 Å². The van der Waals surface area contributed by atoms with E-state index in [1.54, 1.807) is 0 Å². The highest BCUT2D eigenvalue weighted by Gasteiger charge is 1.91. The Labute approximate surface area is 64.8 Å². The fourth-order valence-electron chi connectivity index (χ4n) is 0.177. The van der Waals surface area contributed by atoms with Crippen molar-refractivity contribution in [2.75, 3.05) is 6.61 Å². The van der Waals surface area contributed by atoms with Crippen molar-refractivity contribution in [1.82, 2.24) is 0 Å². The van der Waals surface area contributed by atoms with Crippen LogP contribution in [0.4, 0.5) is 0 Å². The number of hydrogen-bond donors (Lipinski definition) is 1. The fourth-order valence-corrected chi connectivity index (χ4v) is 0.420. The molecule has 0 bridgehead atoms. The van der Waals surface area contributed by atoms with E-state index in [-0.39, 0.29) is 5.44 Å². The van der Waals surface area contributed by atoms with E-state index < -0.39 is 0 Å². The van der Waals surface area contributed by atoms with E-state index in [1.165, 1.54) is 10.7 Å². The summed E-state index contributed by atoms with van der Waals surface area (Å²) in [5.41, 5.74) is -0.260. The summed E-state index contributed by atoms with van der Waals surface area (Å²) in [5, 5.41) is 2.92. The van der Waals surface area contributed by atoms with Crippen LogP contribution in [-0.4, -0.2) is 22.8 Å². The molecule has 0 aromatic rings. The van der Waals surface area contributed by atoms with Crippen LogP contribution in [0.1, 0.15) is 0 Å². The zero-order valence-corrected chi connectivity index (χ0v) is 6.64. The number of rotatable bonds is 4. The predicted octanol–water partition coefficient (Wildman–Crippen LogP) is 1.26. The zero-order valence-electron chi connectivity index (χ0n) is 4.11. The van der Waals surface area contributed by atoms with Gasteiger partial charge in [-0.3, -0.25) is 0 Å². The molecule has 1 unspecified atom stereocenters. The van der Waals surface area contributed by atoms with Crippen molar-refractivity contribution in [3.05, 3.63) is 0 Å². The first-order valence-corrected chi connectivity index (χ1v) is 3.45. The molecule has 0 amide bonds. The summed E-state index contributed by atoms with van der Waals surface area (Å²) in [5.74, 6) is 0. The molecule has 1 atom stereocenters. The van der Waals surface area contributed by atoms with Crippen LogP contribution in [0, 0.1) is 0 Å². The molecule has 0 saturated heterocycles. The van der Waals surface area contributed by atoms with E-state index in [4.69, 9.17) is 4.74 Å². The molecule has 0 radical (unpaired) electrons. The van der Waals surface area contributed by atoms with E-state index in [0.29, 0.717) is 6.61 Å². The minimum Gasteiger partial charge on any atom is -0.358 e. The van der Waals surface area contributed by atoms with E-state index in [9.17, 15) is 0 Å². The van der Waals surface area contributed by atoms with E-state index in [2.05, 4.69) is 37.1 Å². The van der Waals surface area contributed by atoms with Gasteiger partial charge < -0.3 is 4.74 Å². The number of thiol groups is 1. The SMILES string of the molecule is S=CCOC(S)C=S. The van der Waals surface area contributed by atoms with Crippen LogP contribution in [0.25, 0.3) is 0 Å². The minimum atomic E-state index is -0.260. The molecule has 0 spiro atoms. The third kappa shape index (κ3) is 4.64. The molecule has 46 valence electrons. The Bertz CT molecular complexity index is 83.4. The third-order valence-corrected chi connectivity index (χ3v) is 1.33. The average Bonchev–Trinajstić information content (AvgIpc) is 1.83. The summed E-state index contributed by atoms with van der Waals surface area (Å²) in [6.07, 6.45) is 0. The lowest BCUT2D eigenvalue weighted by Crippen LogP contribution is -2.06. The van der Waals surface area contributed by atoms with Gasteiger partial charge in [-0.25, -0.2) is 0 Å². The molecule has 4 heteroatoms. The molecular formula is C4H6OS3. The van der Waals surface area contributed by atoms with Gasteiger partial charge in [-0.05, 0) is 0 Å². The zero-order chi connectivity index (χ0) is 6.41. The summed E-state index contributed by atoms with van der Waals surface area (Å²) < 4.78 is 4.89. The molecule has 0 aliphatic carbocycles. The van der Waals surface area contributed by atoms with E-state index in [1.807, 2.05) is 0 Å². The van der Waals surface area contributed by atoms with Gasteiger partial charge in [0.05, 0.1) is 6.61 Å². The van der Waals surface area contributed by atoms with Gasteiger partial charge >= 0.3 is 0 Å². The van der Waals surface area contributed by atoms with Gasteiger partial charge in [-0.2, -0.15) is 0 Å². The smallest absolute Gasteiger partial charge is 0.129 e. The van der Waals surface area contributed by atoms with Crippen molar-refractivity contribution >= 4 is 47.8 Å². The van der Waals surface area contributed by atoms with Gasteiger partial charge in [0.1, 0.15) is 5.44 Å². The van der Waals surface area contributed by atoms with Crippen molar-refractivity contribution in [2.45, 2.75) is 5.44 Å². The normalized spacial score (nSPS) is 12.6. The first-order valence-electron chi connectivity index (χ1n) is 2.00. The van der Waals surface area contributed by atoms with Crippen LogP contribution < -0.4 is 0 Å². The highest BCUT2D eigenvalue weighted by atomic mass is 32.1. The number of ether oxygens (including phenoxy) is 1. The molecule has 0 aliphatic rings. The second kappa shape index (κ2) is 5.62. The van der Waals surface area contributed by atoms with Crippen LogP contribution >= 0.6 is 37.1 Å². The van der Waals surface area contributed by atoms with Crippen molar-refractivity contribution in [3.63, 3.8) is 0 Å². The van der Waals surface area contributed by atoms with E-state index >= 15 is 0 Å². The lowest BCUT2D eigenvalue weighted by atomic mass is 10.8. The Morgan fingerprint density at radius 1 is 1.62 bits per heavy atom. The highest BCUT2D eigenvalue weighted by Crippen LogP contribution is 1.91. The Kier molecular flexibility index (Phi) is 5.97. The average molecular weight is 166 g/mol. The van der Waals surface area contributed by atoms with Gasteiger partial charge in [-0.15, -0.1) is 12.6 Å². The molecular weight excluding hydrogens is 160 g/mol. The van der Waals surface area contributed by atoms with Gasteiger partial charge in [-0.1, -0.05) is 24.4 Å². The Morgan fingerprint density at radius 2 is 2.25 bits per heavy atom. The predicted molar refractivity (Wildman–Crippen MR) is 46.0 cm³/mol. The molecule has 0 aliphatic heterocycles. The summed E-state index contributed by atoms with van der Waals surface area (Å²) in [7, 11) is 0. The largest absolute Gasteiger partial charge is 0.358 e. The number of hydrogen-bond acceptors (Lipinski definition) is 4. The first kappa shape index (κ1) is 8.49. The topological polar surface area (TPSA) is 9.23 Å². The van der Waals surface area contributed by atoms with Crippen molar-refractivity contribution < 1.29 is 4.74 Å². The van der Waals surface area contributed by atoms with Crippen LogP contribution in [-0.2, 0) is 4.74 Å². The van der Waals surface area contributed by atoms with Gasteiger partial charge in [0, 0.05) is 10.7 Å². The lowest BCUT2D eigenvalue weighted by Gasteiger charge is -2.00. The Balaban J connectivity index is 3.09. The van der Waals surface area contributed by atoms with E-state index in [0.717, 1.165) is 0 Å². The minimum absolute atomic E-state index is 0.260. The van der Waals surface area contributed by atoms with Crippen LogP contribution in [0.5, 0.6) is 0 Å². The van der Waals surface area contributed by atoms with Crippen LogP contribution in [0.15, 0.2) is 0 Å². The van der Waals surface area contributed by atoms with Gasteiger partial charge in [0.2, 0.25) is 0 Å². The van der Waals surface area contributed by atoms with Gasteiger partial charge in [0.15, 0.2) is 0 Å². The molecule has 0 N–H and O–H groups in total. The standard InChI is InChI=1S/C4H6OS3/c6-2-1-5-4(8)3-7/h2-4,8H,1H2. The molecule has 1 nitrogen and oxygen atoms in total. The molecule has 0 saturated carbocycles. The maximum atomic E-state index is 4.89. The molecule has 0 rings (SSSR count). The molecule has 0 fully saturated rings. The Morgan fingerprint density at radius 3 is 2.62 bits per heavy atom. The number of thiocarbonyl (C=S) groups is 2. The monoisotopic (exact) mass is 166 g/mol. The summed E-state index contributed by atoms with van der Waals surface area (Å²) in [6, 6.07) is 0. The second-order valence-corrected chi connectivity index (χ2v) is 2.14. The van der Waals surface area contributed by atoms with Gasteiger partial charge in [0.25, 0.3) is 0 Å². The molecule has 0 aromatic carbocycles. The quantitative estimate of drug-likeness (QED) is 0.383. The Hall–Kier alpha value is 0.490. The molecule has 0 heterocycles. The lowest BCUT2D eigenvalue weighted by molar-refractivity contribution is 0.201. The maximum absolute atomic E-state index is 4.89. The van der Waals surface area contributed by atoms with Crippen LogP contribution in [0.3, 0.4) is 0 Å². The second-order valence-electron chi connectivity index (χ2n) is 1.03. The maximum Gasteiger partial charge on any atom is 0.129 e. The molecule has 8 heavy (non-hydrogen) atoms. The summed E-state index contributed by atoms with van der Waals surface area (Å²) >= 11 is 12.9. The fraction of sp³-hybridized carbons (Fsp3) is 0.500. The summed E-state index contributed by atoms with van der Waals surface area (Å²) in [4.78, 5) is 0. The summed E-state index contributed by atoms with van der Waals surface area (Å²) in [6.45, 7) is 0.427.